The molecule has 8 nitrogen and oxygen atoms in total. The van der Waals surface area contributed by atoms with Gasteiger partial charge in [-0.15, -0.1) is 0 Å². The van der Waals surface area contributed by atoms with Gasteiger partial charge in [-0.2, -0.15) is 10.4 Å². The van der Waals surface area contributed by atoms with E-state index in [-0.39, 0.29) is 0 Å². The second kappa shape index (κ2) is 6.41. The topological polar surface area (TPSA) is 104 Å². The van der Waals surface area contributed by atoms with Crippen molar-refractivity contribution in [1.82, 2.24) is 14.8 Å². The lowest BCUT2D eigenvalue weighted by atomic mass is 10.2. The Morgan fingerprint density at radius 3 is 2.92 bits per heavy atom. The van der Waals surface area contributed by atoms with Gasteiger partial charge < -0.3 is 5.32 Å². The van der Waals surface area contributed by atoms with E-state index in [0.717, 1.165) is 16.0 Å². The molecule has 25 heavy (non-hydrogen) atoms. The van der Waals surface area contributed by atoms with E-state index < -0.39 is 6.03 Å². The fourth-order valence-corrected chi connectivity index (χ4v) is 2.51. The molecule has 0 aliphatic carbocycles. The number of amides is 3. The Labute approximate surface area is 143 Å². The van der Waals surface area contributed by atoms with Gasteiger partial charge in [-0.25, -0.2) is 14.7 Å². The molecule has 2 heterocycles. The third-order valence-corrected chi connectivity index (χ3v) is 3.69. The maximum Gasteiger partial charge on any atom is 0.333 e. The Kier molecular flexibility index (Phi) is 4.14. The molecular formula is C17H14N6O2. The molecule has 0 spiro atoms. The number of hydrogen-bond acceptors (Lipinski definition) is 5. The third kappa shape index (κ3) is 3.03. The number of nitrogens with one attached hydrogen (secondary N) is 1. The maximum absolute atomic E-state index is 12.4. The molecule has 0 aliphatic heterocycles. The van der Waals surface area contributed by atoms with E-state index in [4.69, 9.17) is 5.26 Å². The van der Waals surface area contributed by atoms with Gasteiger partial charge in [0.1, 0.15) is 0 Å². The molecule has 3 rings (SSSR count). The van der Waals surface area contributed by atoms with Crippen LogP contribution in [-0.2, 0) is 11.8 Å². The summed E-state index contributed by atoms with van der Waals surface area (Å²) in [7, 11) is 1.79. The van der Waals surface area contributed by atoms with E-state index >= 15 is 0 Å². The van der Waals surface area contributed by atoms with Crippen LogP contribution >= 0.6 is 0 Å². The zero-order valence-corrected chi connectivity index (χ0v) is 13.6. The van der Waals surface area contributed by atoms with Crippen LogP contribution in [0.15, 0.2) is 36.5 Å². The number of anilines is 2. The average Bonchev–Trinajstić information content (AvgIpc) is 2.89. The van der Waals surface area contributed by atoms with Crippen LogP contribution in [0, 0.1) is 18.3 Å². The SMILES string of the molecule is Cc1nn(C)c2ncc(NC(=O)N(C=O)c3cccc(C#N)c3)cc12. The predicted molar refractivity (Wildman–Crippen MR) is 92.0 cm³/mol. The summed E-state index contributed by atoms with van der Waals surface area (Å²) in [4.78, 5) is 28.9. The van der Waals surface area contributed by atoms with Gasteiger partial charge in [-0.1, -0.05) is 6.07 Å². The molecule has 124 valence electrons. The van der Waals surface area contributed by atoms with Gasteiger partial charge in [0.05, 0.1) is 34.9 Å². The first-order chi connectivity index (χ1) is 12.0. The van der Waals surface area contributed by atoms with E-state index in [1.54, 1.807) is 36.0 Å². The van der Waals surface area contributed by atoms with E-state index in [1.807, 2.05) is 13.0 Å². The lowest BCUT2D eigenvalue weighted by Crippen LogP contribution is -2.33. The summed E-state index contributed by atoms with van der Waals surface area (Å²) in [6.45, 7) is 1.85. The Bertz CT molecular complexity index is 1020. The summed E-state index contributed by atoms with van der Waals surface area (Å²) < 4.78 is 1.65. The van der Waals surface area contributed by atoms with Gasteiger partial charge in [0, 0.05) is 12.4 Å². The number of rotatable bonds is 3. The van der Waals surface area contributed by atoms with Crippen molar-refractivity contribution in [3.05, 3.63) is 47.8 Å². The van der Waals surface area contributed by atoms with Crippen molar-refractivity contribution in [2.75, 3.05) is 10.2 Å². The zero-order chi connectivity index (χ0) is 18.0. The van der Waals surface area contributed by atoms with E-state index in [1.165, 1.54) is 12.3 Å². The Hall–Kier alpha value is -3.73. The molecule has 1 aromatic carbocycles. The van der Waals surface area contributed by atoms with Crippen molar-refractivity contribution in [3.63, 3.8) is 0 Å². The largest absolute Gasteiger partial charge is 0.333 e. The van der Waals surface area contributed by atoms with Gasteiger partial charge in [0.15, 0.2) is 5.65 Å². The van der Waals surface area contributed by atoms with Crippen LogP contribution in [0.1, 0.15) is 11.3 Å². The van der Waals surface area contributed by atoms with Crippen molar-refractivity contribution in [3.8, 4) is 6.07 Å². The highest BCUT2D eigenvalue weighted by atomic mass is 16.2. The normalized spacial score (nSPS) is 10.3. The van der Waals surface area contributed by atoms with Gasteiger partial charge >= 0.3 is 6.03 Å². The van der Waals surface area contributed by atoms with Gasteiger partial charge in [0.25, 0.3) is 0 Å². The molecule has 0 radical (unpaired) electrons. The number of aryl methyl sites for hydroxylation is 2. The minimum Gasteiger partial charge on any atom is -0.306 e. The van der Waals surface area contributed by atoms with Crippen LogP contribution in [0.25, 0.3) is 11.0 Å². The van der Waals surface area contributed by atoms with Crippen molar-refractivity contribution in [1.29, 1.82) is 5.26 Å². The molecule has 3 amide bonds. The van der Waals surface area contributed by atoms with Gasteiger partial charge in [-0.3, -0.25) is 9.48 Å². The molecule has 0 saturated heterocycles. The summed E-state index contributed by atoms with van der Waals surface area (Å²) in [6.07, 6.45) is 1.89. The number of fused-ring (bicyclic) bond motifs is 1. The van der Waals surface area contributed by atoms with Gasteiger partial charge in [0.2, 0.25) is 6.41 Å². The standard InChI is InChI=1S/C17H14N6O2/c1-11-15-7-13(9-19-16(15)22(2)21-11)20-17(25)23(10-24)14-5-3-4-12(6-14)8-18/h3-7,9-10H,1-2H3,(H,20,25). The number of aromatic nitrogens is 3. The van der Waals surface area contributed by atoms with Crippen molar-refractivity contribution in [2.45, 2.75) is 6.92 Å². The highest BCUT2D eigenvalue weighted by molar-refractivity contribution is 6.12. The minimum atomic E-state index is -0.646. The lowest BCUT2D eigenvalue weighted by Gasteiger charge is -2.16. The molecule has 0 aliphatic rings. The Morgan fingerprint density at radius 1 is 1.40 bits per heavy atom. The van der Waals surface area contributed by atoms with Crippen LogP contribution in [0.4, 0.5) is 16.2 Å². The van der Waals surface area contributed by atoms with E-state index in [9.17, 15) is 9.59 Å². The summed E-state index contributed by atoms with van der Waals surface area (Å²) in [5.41, 5.74) is 2.58. The second-order valence-corrected chi connectivity index (χ2v) is 5.37. The second-order valence-electron chi connectivity index (χ2n) is 5.37. The van der Waals surface area contributed by atoms with E-state index in [0.29, 0.717) is 29.0 Å². The molecule has 0 bridgehead atoms. The molecule has 8 heteroatoms. The number of pyridine rings is 1. The number of nitriles is 1. The predicted octanol–water partition coefficient (Wildman–Crippen LogP) is 2.34. The summed E-state index contributed by atoms with van der Waals surface area (Å²) >= 11 is 0. The minimum absolute atomic E-state index is 0.304. The Balaban J connectivity index is 1.88. The van der Waals surface area contributed by atoms with Crippen LogP contribution in [0.3, 0.4) is 0 Å². The molecule has 1 N–H and O–H groups in total. The fourth-order valence-electron chi connectivity index (χ4n) is 2.51. The molecule has 3 aromatic rings. The first-order valence-corrected chi connectivity index (χ1v) is 7.38. The van der Waals surface area contributed by atoms with Crippen molar-refractivity contribution >= 4 is 34.8 Å². The first-order valence-electron chi connectivity index (χ1n) is 7.38. The van der Waals surface area contributed by atoms with Crippen LogP contribution in [0.5, 0.6) is 0 Å². The zero-order valence-electron chi connectivity index (χ0n) is 13.6. The quantitative estimate of drug-likeness (QED) is 0.740. The number of hydrogen-bond donors (Lipinski definition) is 1. The van der Waals surface area contributed by atoms with E-state index in [2.05, 4.69) is 15.4 Å². The molecule has 0 atom stereocenters. The van der Waals surface area contributed by atoms with Crippen molar-refractivity contribution < 1.29 is 9.59 Å². The smallest absolute Gasteiger partial charge is 0.306 e. The van der Waals surface area contributed by atoms with Crippen LogP contribution in [-0.4, -0.2) is 27.2 Å². The number of benzene rings is 1. The summed E-state index contributed by atoms with van der Waals surface area (Å²) in [5, 5.41) is 16.7. The highest BCUT2D eigenvalue weighted by Gasteiger charge is 2.16. The van der Waals surface area contributed by atoms with Crippen molar-refractivity contribution in [2.24, 2.45) is 7.05 Å². The lowest BCUT2D eigenvalue weighted by molar-refractivity contribution is -0.106. The van der Waals surface area contributed by atoms with Gasteiger partial charge in [-0.05, 0) is 31.2 Å². The Morgan fingerprint density at radius 2 is 2.20 bits per heavy atom. The number of nitrogens with zero attached hydrogens (tertiary/aromatic N) is 5. The summed E-state index contributed by atoms with van der Waals surface area (Å²) in [5.74, 6) is 0. The fraction of sp³-hybridized carbons (Fsp3) is 0.118. The molecular weight excluding hydrogens is 320 g/mol. The maximum atomic E-state index is 12.4. The van der Waals surface area contributed by atoms with Crippen LogP contribution < -0.4 is 10.2 Å². The number of carbonyl (C=O) groups excluding carboxylic acids is 2. The first kappa shape index (κ1) is 16.1. The number of carbonyl (C=O) groups is 2. The molecule has 2 aromatic heterocycles. The van der Waals surface area contributed by atoms with Crippen LogP contribution in [0.2, 0.25) is 0 Å². The average molecular weight is 334 g/mol. The molecule has 0 unspecified atom stereocenters. The number of imide groups is 1. The number of urea groups is 1. The molecule has 0 fully saturated rings. The molecule has 0 saturated carbocycles. The highest BCUT2D eigenvalue weighted by Crippen LogP contribution is 2.21. The summed E-state index contributed by atoms with van der Waals surface area (Å²) in [6, 6.07) is 9.29. The monoisotopic (exact) mass is 334 g/mol. The third-order valence-electron chi connectivity index (χ3n) is 3.69.